The van der Waals surface area contributed by atoms with E-state index in [0.29, 0.717) is 0 Å². The fourth-order valence-corrected chi connectivity index (χ4v) is 0. The summed E-state index contributed by atoms with van der Waals surface area (Å²) in [7, 11) is 0. The van der Waals surface area contributed by atoms with E-state index >= 15 is 0 Å². The molecule has 0 amide bonds. The van der Waals surface area contributed by atoms with Crippen molar-refractivity contribution in [3.8, 4) is 0 Å². The molecule has 0 heterocycles. The first-order valence-corrected chi connectivity index (χ1v) is 0. The van der Waals surface area contributed by atoms with E-state index in [4.69, 9.17) is 0 Å². The molecular formula is H9CsGaInSn. The van der Waals surface area contributed by atoms with E-state index < -0.39 is 0 Å². The van der Waals surface area contributed by atoms with Gasteiger partial charge in [0.2, 0.25) is 0 Å². The zero-order chi connectivity index (χ0) is 0. The maximum absolute atomic E-state index is 0. The Hall–Kier alpha value is 4.36. The first kappa shape index (κ1) is 23.8. The molecule has 0 nitrogen and oxygen atoms in total. The fraction of sp³-hybridized carbons (Fsp3) is 0. The quantitative estimate of drug-likeness (QED) is 0.326. The van der Waals surface area contributed by atoms with Gasteiger partial charge < -0.3 is 1.43 Å². The molecule has 0 rings (SSSR count). The SMILES string of the molecule is [Cs+].[GaH3].[H-].[InH3].[SnH2]. The summed E-state index contributed by atoms with van der Waals surface area (Å²) in [6, 6.07) is 0. The Bertz CT molecular complexity index is 11.6. The molecule has 0 atom stereocenters. The topological polar surface area (TPSA) is 0 Å². The van der Waals surface area contributed by atoms with E-state index in [-0.39, 0.29) is 140 Å². The van der Waals surface area contributed by atoms with Crippen LogP contribution in [0.3, 0.4) is 0 Å². The van der Waals surface area contributed by atoms with E-state index in [9.17, 15) is 0 Å². The third-order valence-electron chi connectivity index (χ3n) is 0. The van der Waals surface area contributed by atoms with Crippen LogP contribution < -0.4 is 68.9 Å². The van der Waals surface area contributed by atoms with E-state index in [1.807, 2.05) is 0 Å². The van der Waals surface area contributed by atoms with Crippen LogP contribution >= 0.6 is 0 Å². The van der Waals surface area contributed by atoms with Crippen LogP contribution in [0.15, 0.2) is 0 Å². The molecule has 0 aromatic carbocycles. The molecule has 0 aliphatic rings. The van der Waals surface area contributed by atoms with E-state index in [1.54, 1.807) is 0 Å². The summed E-state index contributed by atoms with van der Waals surface area (Å²) in [4.78, 5) is 0. The third kappa shape index (κ3) is 9.61. The van der Waals surface area contributed by atoms with Crippen LogP contribution in [0.5, 0.6) is 0 Å². The van der Waals surface area contributed by atoms with Gasteiger partial charge in [0.15, 0.2) is 0 Å². The number of hydrogen-bond acceptors (Lipinski definition) is 0. The summed E-state index contributed by atoms with van der Waals surface area (Å²) >= 11 is 0. The normalized spacial score (nSPS) is 0. The second kappa shape index (κ2) is 15.7. The summed E-state index contributed by atoms with van der Waals surface area (Å²) in [5.41, 5.74) is 0. The van der Waals surface area contributed by atoms with Crippen LogP contribution in [0.2, 0.25) is 0 Å². The van der Waals surface area contributed by atoms with Crippen molar-refractivity contribution in [3.63, 3.8) is 0 Å². The molecule has 0 aromatic heterocycles. The molecule has 0 spiro atoms. The predicted molar refractivity (Wildman–Crippen MR) is 29.5 cm³/mol. The molecule has 2 radical (unpaired) electrons. The van der Waals surface area contributed by atoms with E-state index in [0.717, 1.165) is 0 Å². The molecule has 0 aromatic rings. The zero-order valence-electron chi connectivity index (χ0n) is 2.71. The van der Waals surface area contributed by atoms with Gasteiger partial charge in [-0.05, 0) is 0 Å². The molecule has 0 saturated carbocycles. The summed E-state index contributed by atoms with van der Waals surface area (Å²) in [6.45, 7) is 0. The van der Waals surface area contributed by atoms with Crippen molar-refractivity contribution in [2.24, 2.45) is 0 Å². The van der Waals surface area contributed by atoms with Crippen molar-refractivity contribution in [2.75, 3.05) is 0 Å². The van der Waals surface area contributed by atoms with Crippen molar-refractivity contribution in [3.05, 3.63) is 0 Å². The molecule has 0 unspecified atom stereocenters. The second-order valence-corrected chi connectivity index (χ2v) is 0. The Kier molecular flexibility index (Phi) is 93.3. The van der Waals surface area contributed by atoms with Gasteiger partial charge in [0.05, 0.1) is 0 Å². The average molecular weight is 445 g/mol. The summed E-state index contributed by atoms with van der Waals surface area (Å²) < 4.78 is 0. The Morgan fingerprint density at radius 1 is 1.25 bits per heavy atom. The van der Waals surface area contributed by atoms with Crippen molar-refractivity contribution >= 4 is 69.5 Å². The van der Waals surface area contributed by atoms with Gasteiger partial charge in [-0.1, -0.05) is 0 Å². The minimum absolute atomic E-state index is 0. The van der Waals surface area contributed by atoms with Gasteiger partial charge in [-0.15, -0.1) is 0 Å². The first-order chi connectivity index (χ1) is 0. The summed E-state index contributed by atoms with van der Waals surface area (Å²) in [5, 5.41) is 0. The molecule has 0 saturated heterocycles. The number of rotatable bonds is 0. The van der Waals surface area contributed by atoms with Crippen molar-refractivity contribution in [2.45, 2.75) is 0 Å². The fourth-order valence-electron chi connectivity index (χ4n) is 0. The first-order valence-electron chi connectivity index (χ1n) is 0. The van der Waals surface area contributed by atoms with Crippen LogP contribution in [0.1, 0.15) is 1.43 Å². The maximum atomic E-state index is 0. The van der Waals surface area contributed by atoms with Gasteiger partial charge in [-0.3, -0.25) is 0 Å². The Morgan fingerprint density at radius 2 is 1.25 bits per heavy atom. The molecule has 0 N–H and O–H groups in total. The standard InChI is InChI=1S/Cs.Ga.In.Sn.9H/q+1;;;;;;;;;;;;-1. The van der Waals surface area contributed by atoms with Gasteiger partial charge in [0.1, 0.15) is 0 Å². The predicted octanol–water partition coefficient (Wildman–Crippen LogP) is -6.17. The Balaban J connectivity index is 0. The zero-order valence-corrected chi connectivity index (χ0v) is 12.0. The Labute approximate surface area is 135 Å². The van der Waals surface area contributed by atoms with E-state index in [2.05, 4.69) is 0 Å². The molecule has 0 fully saturated rings. The van der Waals surface area contributed by atoms with E-state index in [1.165, 1.54) is 0 Å². The molecule has 0 bridgehead atoms. The van der Waals surface area contributed by atoms with Gasteiger partial charge in [-0.25, -0.2) is 0 Å². The van der Waals surface area contributed by atoms with Crippen molar-refractivity contribution in [1.29, 1.82) is 0 Å². The summed E-state index contributed by atoms with van der Waals surface area (Å²) in [5.74, 6) is 0. The van der Waals surface area contributed by atoms with Crippen LogP contribution in [-0.2, 0) is 0 Å². The third-order valence-corrected chi connectivity index (χ3v) is 0. The van der Waals surface area contributed by atoms with Crippen molar-refractivity contribution < 1.29 is 70.3 Å². The van der Waals surface area contributed by atoms with Crippen LogP contribution in [0.25, 0.3) is 0 Å². The Morgan fingerprint density at radius 3 is 1.25 bits per heavy atom. The molecular weight excluding hydrogens is 436 g/mol. The molecule has 0 aliphatic heterocycles. The van der Waals surface area contributed by atoms with Gasteiger partial charge >= 0.3 is 138 Å². The van der Waals surface area contributed by atoms with Gasteiger partial charge in [0.25, 0.3) is 0 Å². The monoisotopic (exact) mass is 446 g/mol. The average Bonchev–Trinajstić information content (AvgIpc) is 0. The van der Waals surface area contributed by atoms with Crippen LogP contribution in [0.4, 0.5) is 0 Å². The second-order valence-electron chi connectivity index (χ2n) is 0. The molecule has 4 heteroatoms. The number of hydrogen-bond donors (Lipinski definition) is 0. The molecule has 20 valence electrons. The summed E-state index contributed by atoms with van der Waals surface area (Å²) in [6.07, 6.45) is 0. The van der Waals surface area contributed by atoms with Gasteiger partial charge in [-0.2, -0.15) is 0 Å². The van der Waals surface area contributed by atoms with Gasteiger partial charge in [0, 0.05) is 0 Å². The molecule has 4 heavy (non-hydrogen) atoms. The van der Waals surface area contributed by atoms with Crippen molar-refractivity contribution in [1.82, 2.24) is 0 Å². The van der Waals surface area contributed by atoms with Crippen LogP contribution in [-0.4, -0.2) is 69.5 Å². The minimum atomic E-state index is 0. The molecule has 0 aliphatic carbocycles. The van der Waals surface area contributed by atoms with Crippen LogP contribution in [0, 0.1) is 0 Å².